The smallest absolute Gasteiger partial charge is 0.263 e. The minimum absolute atomic E-state index is 0.00925. The van der Waals surface area contributed by atoms with Gasteiger partial charge in [0.15, 0.2) is 0 Å². The molecule has 1 aliphatic heterocycles. The summed E-state index contributed by atoms with van der Waals surface area (Å²) >= 11 is 3.37. The zero-order valence-corrected chi connectivity index (χ0v) is 15.5. The van der Waals surface area contributed by atoms with Gasteiger partial charge < -0.3 is 10.1 Å². The molecular formula is C16H26N2O2S2. The molecule has 1 aromatic rings. The Kier molecular flexibility index (Phi) is 5.91. The molecule has 1 amide bonds. The van der Waals surface area contributed by atoms with E-state index in [2.05, 4.69) is 38.0 Å². The first kappa shape index (κ1) is 17.8. The van der Waals surface area contributed by atoms with Crippen molar-refractivity contribution in [3.8, 4) is 0 Å². The first-order valence-corrected chi connectivity index (χ1v) is 9.68. The number of hydrogen-bond acceptors (Lipinski definition) is 5. The van der Waals surface area contributed by atoms with Crippen LogP contribution in [0.4, 0.5) is 0 Å². The molecule has 6 heteroatoms. The second-order valence-corrected chi connectivity index (χ2v) is 9.28. The summed E-state index contributed by atoms with van der Waals surface area (Å²) in [5.41, 5.74) is 2.54. The highest BCUT2D eigenvalue weighted by molar-refractivity contribution is 8.00. The van der Waals surface area contributed by atoms with Gasteiger partial charge in [-0.25, -0.2) is 4.98 Å². The van der Waals surface area contributed by atoms with Crippen LogP contribution in [0, 0.1) is 0 Å². The molecule has 0 saturated carbocycles. The second kappa shape index (κ2) is 7.32. The van der Waals surface area contributed by atoms with E-state index in [4.69, 9.17) is 4.74 Å². The van der Waals surface area contributed by atoms with Gasteiger partial charge in [0.05, 0.1) is 11.2 Å². The Morgan fingerprint density at radius 1 is 1.45 bits per heavy atom. The molecule has 0 atom stereocenters. The predicted octanol–water partition coefficient (Wildman–Crippen LogP) is 3.47. The van der Waals surface area contributed by atoms with E-state index in [1.54, 1.807) is 5.51 Å². The van der Waals surface area contributed by atoms with E-state index in [-0.39, 0.29) is 16.1 Å². The highest BCUT2D eigenvalue weighted by Crippen LogP contribution is 2.35. The molecule has 2 heterocycles. The van der Waals surface area contributed by atoms with Crippen LogP contribution in [0.25, 0.3) is 0 Å². The summed E-state index contributed by atoms with van der Waals surface area (Å²) in [6, 6.07) is 0. The van der Waals surface area contributed by atoms with Crippen molar-refractivity contribution in [2.45, 2.75) is 50.7 Å². The predicted molar refractivity (Wildman–Crippen MR) is 94.1 cm³/mol. The maximum Gasteiger partial charge on any atom is 0.263 e. The molecule has 0 aliphatic carbocycles. The molecule has 2 rings (SSSR count). The van der Waals surface area contributed by atoms with Crippen molar-refractivity contribution >= 4 is 29.0 Å². The average molecular weight is 343 g/mol. The van der Waals surface area contributed by atoms with Gasteiger partial charge in [0, 0.05) is 29.9 Å². The first-order chi connectivity index (χ1) is 10.4. The fourth-order valence-corrected chi connectivity index (χ4v) is 4.84. The Bertz CT molecular complexity index is 497. The summed E-state index contributed by atoms with van der Waals surface area (Å²) in [5.74, 6) is 1.07. The summed E-state index contributed by atoms with van der Waals surface area (Å²) in [6.45, 7) is 10.7. The summed E-state index contributed by atoms with van der Waals surface area (Å²) in [5, 5.41) is 3.15. The van der Waals surface area contributed by atoms with Gasteiger partial charge in [-0.2, -0.15) is 11.8 Å². The van der Waals surface area contributed by atoms with Crippen LogP contribution in [0.1, 0.15) is 55.9 Å². The molecule has 1 N–H and O–H groups in total. The summed E-state index contributed by atoms with van der Waals surface area (Å²) in [6.07, 6.45) is 2.00. The molecule has 0 aromatic carbocycles. The van der Waals surface area contributed by atoms with Gasteiger partial charge in [0.2, 0.25) is 0 Å². The number of aromatic nitrogens is 1. The molecule has 1 saturated heterocycles. The monoisotopic (exact) mass is 342 g/mol. The minimum Gasteiger partial charge on any atom is -0.381 e. The molecule has 1 fully saturated rings. The number of ether oxygens (including phenoxy) is 1. The van der Waals surface area contributed by atoms with Gasteiger partial charge in [-0.05, 0) is 18.6 Å². The third-order valence-electron chi connectivity index (χ3n) is 3.91. The molecule has 4 nitrogen and oxygen atoms in total. The Hall–Kier alpha value is -0.590. The molecule has 22 heavy (non-hydrogen) atoms. The molecule has 0 unspecified atom stereocenters. The van der Waals surface area contributed by atoms with Crippen molar-refractivity contribution in [1.29, 1.82) is 0 Å². The molecule has 0 spiro atoms. The maximum atomic E-state index is 12.6. The van der Waals surface area contributed by atoms with Crippen LogP contribution in [0.3, 0.4) is 0 Å². The van der Waals surface area contributed by atoms with Crippen LogP contribution in [0.2, 0.25) is 0 Å². The van der Waals surface area contributed by atoms with Gasteiger partial charge in [-0.1, -0.05) is 27.7 Å². The lowest BCUT2D eigenvalue weighted by Gasteiger charge is -2.36. The fraction of sp³-hybridized carbons (Fsp3) is 0.750. The van der Waals surface area contributed by atoms with Gasteiger partial charge >= 0.3 is 0 Å². The quantitative estimate of drug-likeness (QED) is 0.890. The van der Waals surface area contributed by atoms with Crippen LogP contribution < -0.4 is 5.32 Å². The molecule has 0 bridgehead atoms. The van der Waals surface area contributed by atoms with E-state index in [0.29, 0.717) is 6.54 Å². The second-order valence-electron chi connectivity index (χ2n) is 6.69. The molecule has 124 valence electrons. The van der Waals surface area contributed by atoms with E-state index in [0.717, 1.165) is 42.4 Å². The lowest BCUT2D eigenvalue weighted by atomic mass is 9.91. The van der Waals surface area contributed by atoms with E-state index < -0.39 is 0 Å². The number of carbonyl (C=O) groups excluding carboxylic acids is 1. The number of carbonyl (C=O) groups is 1. The van der Waals surface area contributed by atoms with Crippen LogP contribution in [-0.2, 0) is 10.2 Å². The van der Waals surface area contributed by atoms with E-state index in [9.17, 15) is 4.79 Å². The van der Waals surface area contributed by atoms with Gasteiger partial charge in [-0.3, -0.25) is 4.79 Å². The van der Waals surface area contributed by atoms with Crippen molar-refractivity contribution in [3.63, 3.8) is 0 Å². The Morgan fingerprint density at radius 3 is 2.73 bits per heavy atom. The highest BCUT2D eigenvalue weighted by Gasteiger charge is 2.34. The van der Waals surface area contributed by atoms with E-state index in [1.165, 1.54) is 11.3 Å². The van der Waals surface area contributed by atoms with Crippen LogP contribution in [0.5, 0.6) is 0 Å². The summed E-state index contributed by atoms with van der Waals surface area (Å²) in [7, 11) is 0. The standard InChI is InChI=1S/C16H26N2O2S2/c1-5-22-16(6-8-20-9-7-16)10-17-14(19)12-13(15(2,3)4)18-11-21-12/h11H,5-10H2,1-4H3,(H,17,19). The van der Waals surface area contributed by atoms with Crippen molar-refractivity contribution in [2.75, 3.05) is 25.5 Å². The van der Waals surface area contributed by atoms with E-state index in [1.807, 2.05) is 11.8 Å². The Balaban J connectivity index is 2.04. The number of nitrogens with one attached hydrogen (secondary N) is 1. The van der Waals surface area contributed by atoms with Crippen LogP contribution >= 0.6 is 23.1 Å². The normalized spacial score (nSPS) is 18.2. The van der Waals surface area contributed by atoms with E-state index >= 15 is 0 Å². The SMILES string of the molecule is CCSC1(CNC(=O)c2scnc2C(C)(C)C)CCOCC1. The van der Waals surface area contributed by atoms with Crippen molar-refractivity contribution in [2.24, 2.45) is 0 Å². The van der Waals surface area contributed by atoms with Gasteiger partial charge in [-0.15, -0.1) is 11.3 Å². The van der Waals surface area contributed by atoms with Gasteiger partial charge in [0.25, 0.3) is 5.91 Å². The number of thiazole rings is 1. The molecule has 1 aliphatic rings. The minimum atomic E-state index is -0.110. The number of rotatable bonds is 5. The number of amides is 1. The van der Waals surface area contributed by atoms with Crippen molar-refractivity contribution < 1.29 is 9.53 Å². The Labute approximate surface area is 141 Å². The summed E-state index contributed by atoms with van der Waals surface area (Å²) in [4.78, 5) is 17.7. The molecular weight excluding hydrogens is 316 g/mol. The first-order valence-electron chi connectivity index (χ1n) is 7.82. The number of thioether (sulfide) groups is 1. The Morgan fingerprint density at radius 2 is 2.14 bits per heavy atom. The lowest BCUT2D eigenvalue weighted by molar-refractivity contribution is 0.0741. The van der Waals surface area contributed by atoms with Crippen LogP contribution in [-0.4, -0.2) is 41.1 Å². The van der Waals surface area contributed by atoms with Crippen LogP contribution in [0.15, 0.2) is 5.51 Å². The maximum absolute atomic E-state index is 12.6. The zero-order valence-electron chi connectivity index (χ0n) is 13.9. The zero-order chi connectivity index (χ0) is 16.2. The topological polar surface area (TPSA) is 51.2 Å². The molecule has 1 aromatic heterocycles. The lowest BCUT2D eigenvalue weighted by Crippen LogP contribution is -2.44. The number of hydrogen-bond donors (Lipinski definition) is 1. The molecule has 0 radical (unpaired) electrons. The largest absolute Gasteiger partial charge is 0.381 e. The van der Waals surface area contributed by atoms with Gasteiger partial charge in [0.1, 0.15) is 4.88 Å². The number of nitrogens with zero attached hydrogens (tertiary/aromatic N) is 1. The highest BCUT2D eigenvalue weighted by atomic mass is 32.2. The third-order valence-corrected chi connectivity index (χ3v) is 6.19. The van der Waals surface area contributed by atoms with Crippen molar-refractivity contribution in [1.82, 2.24) is 10.3 Å². The average Bonchev–Trinajstić information content (AvgIpc) is 2.96. The fourth-order valence-electron chi connectivity index (χ4n) is 2.68. The van der Waals surface area contributed by atoms with Crippen molar-refractivity contribution in [3.05, 3.63) is 16.1 Å². The third kappa shape index (κ3) is 4.24. The summed E-state index contributed by atoms with van der Waals surface area (Å²) < 4.78 is 5.60.